The topological polar surface area (TPSA) is 95.9 Å². The second kappa shape index (κ2) is 11.3. The number of carbonyl (C=O) groups is 2. The summed E-state index contributed by atoms with van der Waals surface area (Å²) in [5, 5.41) is 20.5. The van der Waals surface area contributed by atoms with Gasteiger partial charge in [0, 0.05) is 24.9 Å². The van der Waals surface area contributed by atoms with Gasteiger partial charge < -0.3 is 20.3 Å². The minimum atomic E-state index is -1.13. The first kappa shape index (κ1) is 20.8. The van der Waals surface area contributed by atoms with E-state index in [9.17, 15) is 14.7 Å². The monoisotopic (exact) mass is 357 g/mol. The van der Waals surface area contributed by atoms with E-state index in [0.717, 1.165) is 12.8 Å². The van der Waals surface area contributed by atoms with Gasteiger partial charge in [0.2, 0.25) is 0 Å². The molecule has 0 bridgehead atoms. The first-order valence-corrected chi connectivity index (χ1v) is 8.05. The number of benzene rings is 2. The number of aryl methyl sites for hydroxylation is 1. The van der Waals surface area contributed by atoms with Gasteiger partial charge in [-0.05, 0) is 30.5 Å². The number of hydrogen-bond acceptors (Lipinski definition) is 5. The molecule has 138 valence electrons. The predicted octanol–water partition coefficient (Wildman–Crippen LogP) is 3.48. The molecule has 0 atom stereocenters. The first-order chi connectivity index (χ1) is 12.5. The number of carboxylic acid groups (broad SMARTS) is 1. The maximum Gasteiger partial charge on any atom is 0.339 e. The highest BCUT2D eigenvalue weighted by Crippen LogP contribution is 2.21. The Balaban J connectivity index is 0.000000263. The fourth-order valence-corrected chi connectivity index (χ4v) is 2.02. The summed E-state index contributed by atoms with van der Waals surface area (Å²) in [5.74, 6) is -1.71. The smallest absolute Gasteiger partial charge is 0.339 e. The average molecular weight is 357 g/mol. The molecule has 0 heterocycles. The van der Waals surface area contributed by atoms with Gasteiger partial charge in [-0.15, -0.1) is 0 Å². The summed E-state index contributed by atoms with van der Waals surface area (Å²) in [6.07, 6.45) is 2.97. The molecule has 0 saturated carbocycles. The summed E-state index contributed by atoms with van der Waals surface area (Å²) >= 11 is 0. The molecular formula is C20H23NO5. The number of carbonyl (C=O) groups excluding carboxylic acids is 1. The number of phenols is 1. The number of nitrogens with one attached hydrogen (secondary N) is 1. The third-order valence-corrected chi connectivity index (χ3v) is 3.38. The molecule has 0 fully saturated rings. The van der Waals surface area contributed by atoms with Gasteiger partial charge in [0.25, 0.3) is 0 Å². The van der Waals surface area contributed by atoms with Crippen LogP contribution in [-0.2, 0) is 16.0 Å². The molecule has 0 radical (unpaired) electrons. The highest BCUT2D eigenvalue weighted by atomic mass is 16.5. The van der Waals surface area contributed by atoms with Crippen LogP contribution in [0.2, 0.25) is 0 Å². The highest BCUT2D eigenvalue weighted by molar-refractivity contribution is 5.91. The van der Waals surface area contributed by atoms with Crippen molar-refractivity contribution in [2.45, 2.75) is 12.8 Å². The van der Waals surface area contributed by atoms with Crippen molar-refractivity contribution in [3.8, 4) is 5.75 Å². The van der Waals surface area contributed by atoms with Crippen LogP contribution in [0, 0.1) is 0 Å². The minimum absolute atomic E-state index is 0.0889. The molecule has 0 spiro atoms. The van der Waals surface area contributed by atoms with Crippen molar-refractivity contribution in [2.75, 3.05) is 19.0 Å². The molecule has 0 aliphatic rings. The van der Waals surface area contributed by atoms with Crippen molar-refractivity contribution < 1.29 is 24.5 Å². The number of aromatic carboxylic acids is 1. The molecule has 0 amide bonds. The normalized spacial score (nSPS) is 9.42. The molecule has 0 unspecified atom stereocenters. The van der Waals surface area contributed by atoms with E-state index < -0.39 is 5.97 Å². The zero-order chi connectivity index (χ0) is 19.4. The van der Waals surface area contributed by atoms with E-state index in [1.165, 1.54) is 23.8 Å². The molecule has 0 aliphatic carbocycles. The van der Waals surface area contributed by atoms with E-state index >= 15 is 0 Å². The number of aromatic hydroxyl groups is 1. The molecule has 0 saturated heterocycles. The number of ether oxygens (including phenoxy) is 1. The third-order valence-electron chi connectivity index (χ3n) is 3.38. The Morgan fingerprint density at radius 2 is 1.88 bits per heavy atom. The second-order valence-electron chi connectivity index (χ2n) is 5.25. The van der Waals surface area contributed by atoms with Crippen molar-refractivity contribution in [1.29, 1.82) is 0 Å². The maximum absolute atomic E-state index is 10.7. The highest BCUT2D eigenvalue weighted by Gasteiger charge is 2.08. The summed E-state index contributed by atoms with van der Waals surface area (Å²) in [7, 11) is 1.69. The van der Waals surface area contributed by atoms with Crippen molar-refractivity contribution in [3.63, 3.8) is 0 Å². The Kier molecular flexibility index (Phi) is 9.03. The van der Waals surface area contributed by atoms with E-state index in [-0.39, 0.29) is 17.3 Å². The van der Waals surface area contributed by atoms with Gasteiger partial charge in [-0.3, -0.25) is 0 Å². The number of carboxylic acids is 1. The van der Waals surface area contributed by atoms with Crippen LogP contribution < -0.4 is 5.32 Å². The number of anilines is 1. The van der Waals surface area contributed by atoms with Gasteiger partial charge >= 0.3 is 11.9 Å². The summed E-state index contributed by atoms with van der Waals surface area (Å²) in [6.45, 7) is 3.78. The molecule has 3 N–H and O–H groups in total. The van der Waals surface area contributed by atoms with E-state index in [0.29, 0.717) is 12.3 Å². The zero-order valence-electron chi connectivity index (χ0n) is 14.6. The summed E-state index contributed by atoms with van der Waals surface area (Å²) in [4.78, 5) is 21.1. The standard InChI is InChI=1S/C12H14O2.C8H9NO3/c1-2-12(13)14-10-6-9-11-7-4-3-5-8-11;1-9-5-2-3-6(8(11)12)7(10)4-5/h2-5,7-8H,1,6,9-10H2;2-4,9-10H,1H3,(H,11,12). The number of esters is 1. The SMILES string of the molecule is C=CC(=O)OCCCc1ccccc1.CNc1ccc(C(=O)O)c(O)c1. The van der Waals surface area contributed by atoms with Crippen LogP contribution in [0.3, 0.4) is 0 Å². The van der Waals surface area contributed by atoms with Crippen molar-refractivity contribution >= 4 is 17.6 Å². The summed E-state index contributed by atoms with van der Waals surface area (Å²) in [5.41, 5.74) is 1.86. The Morgan fingerprint density at radius 3 is 2.42 bits per heavy atom. The van der Waals surface area contributed by atoms with Gasteiger partial charge in [-0.1, -0.05) is 36.9 Å². The van der Waals surface area contributed by atoms with E-state index in [1.807, 2.05) is 18.2 Å². The van der Waals surface area contributed by atoms with Crippen LogP contribution >= 0.6 is 0 Å². The largest absolute Gasteiger partial charge is 0.507 e. The summed E-state index contributed by atoms with van der Waals surface area (Å²) < 4.78 is 4.86. The fraction of sp³-hybridized carbons (Fsp3) is 0.200. The number of hydrogen-bond donors (Lipinski definition) is 3. The van der Waals surface area contributed by atoms with Crippen LogP contribution in [0.5, 0.6) is 5.75 Å². The van der Waals surface area contributed by atoms with Crippen molar-refractivity contribution in [3.05, 3.63) is 72.3 Å². The molecule has 2 aromatic rings. The van der Waals surface area contributed by atoms with Crippen LogP contribution in [-0.4, -0.2) is 35.8 Å². The van der Waals surface area contributed by atoms with Crippen LogP contribution in [0.25, 0.3) is 0 Å². The van der Waals surface area contributed by atoms with Gasteiger partial charge in [0.05, 0.1) is 6.61 Å². The minimum Gasteiger partial charge on any atom is -0.507 e. The molecule has 0 aromatic heterocycles. The molecule has 0 aliphatic heterocycles. The van der Waals surface area contributed by atoms with Gasteiger partial charge in [-0.2, -0.15) is 0 Å². The average Bonchev–Trinajstić information content (AvgIpc) is 2.66. The van der Waals surface area contributed by atoms with E-state index in [4.69, 9.17) is 9.84 Å². The first-order valence-electron chi connectivity index (χ1n) is 8.05. The van der Waals surface area contributed by atoms with Crippen LogP contribution in [0.15, 0.2) is 61.2 Å². The lowest BCUT2D eigenvalue weighted by Crippen LogP contribution is -2.02. The lowest BCUT2D eigenvalue weighted by Gasteiger charge is -2.02. The third kappa shape index (κ3) is 7.53. The van der Waals surface area contributed by atoms with Crippen molar-refractivity contribution in [2.24, 2.45) is 0 Å². The second-order valence-corrected chi connectivity index (χ2v) is 5.25. The van der Waals surface area contributed by atoms with E-state index in [1.54, 1.807) is 13.1 Å². The molecule has 26 heavy (non-hydrogen) atoms. The molecule has 2 aromatic carbocycles. The Morgan fingerprint density at radius 1 is 1.19 bits per heavy atom. The fourth-order valence-electron chi connectivity index (χ4n) is 2.02. The van der Waals surface area contributed by atoms with Gasteiger partial charge in [-0.25, -0.2) is 9.59 Å². The Labute approximate surface area is 152 Å². The molecular weight excluding hydrogens is 334 g/mol. The maximum atomic E-state index is 10.7. The van der Waals surface area contributed by atoms with Crippen LogP contribution in [0.4, 0.5) is 5.69 Å². The van der Waals surface area contributed by atoms with Gasteiger partial charge in [0.1, 0.15) is 11.3 Å². The lowest BCUT2D eigenvalue weighted by atomic mass is 10.1. The molecule has 6 heteroatoms. The van der Waals surface area contributed by atoms with Crippen molar-refractivity contribution in [1.82, 2.24) is 0 Å². The Bertz CT molecular complexity index is 728. The van der Waals surface area contributed by atoms with E-state index in [2.05, 4.69) is 24.0 Å². The lowest BCUT2D eigenvalue weighted by molar-refractivity contribution is -0.137. The summed E-state index contributed by atoms with van der Waals surface area (Å²) in [6, 6.07) is 14.4. The zero-order valence-corrected chi connectivity index (χ0v) is 14.6. The number of rotatable bonds is 7. The van der Waals surface area contributed by atoms with Gasteiger partial charge in [0.15, 0.2) is 0 Å². The quantitative estimate of drug-likeness (QED) is 0.399. The molecule has 6 nitrogen and oxygen atoms in total. The van der Waals surface area contributed by atoms with Crippen LogP contribution in [0.1, 0.15) is 22.3 Å². The molecule has 2 rings (SSSR count). The predicted molar refractivity (Wildman–Crippen MR) is 101 cm³/mol. The Hall–Kier alpha value is -3.28.